The van der Waals surface area contributed by atoms with Gasteiger partial charge in [0.1, 0.15) is 0 Å². The molecule has 3 N–H and O–H groups in total. The summed E-state index contributed by atoms with van der Waals surface area (Å²) in [6.45, 7) is 1.90. The number of aryl methyl sites for hydroxylation is 1. The summed E-state index contributed by atoms with van der Waals surface area (Å²) in [5.41, 5.74) is 8.54. The van der Waals surface area contributed by atoms with Crippen molar-refractivity contribution in [1.82, 2.24) is 20.3 Å². The molecule has 1 saturated carbocycles. The lowest BCUT2D eigenvalue weighted by atomic mass is 9.99. The number of anilines is 2. The minimum atomic E-state index is -0.449. The molecule has 0 radical (unpaired) electrons. The molecule has 1 fully saturated rings. The predicted octanol–water partition coefficient (Wildman–Crippen LogP) is 3.31. The van der Waals surface area contributed by atoms with Crippen molar-refractivity contribution in [3.63, 3.8) is 0 Å². The van der Waals surface area contributed by atoms with Crippen molar-refractivity contribution < 1.29 is 4.52 Å². The number of nitrogens with zero attached hydrogens (tertiary/aromatic N) is 4. The van der Waals surface area contributed by atoms with E-state index in [-0.39, 0.29) is 0 Å². The van der Waals surface area contributed by atoms with E-state index < -0.39 is 5.54 Å². The van der Waals surface area contributed by atoms with Crippen molar-refractivity contribution in [2.24, 2.45) is 5.73 Å². The molecule has 1 aromatic carbocycles. The Morgan fingerprint density at radius 1 is 1.12 bits per heavy atom. The van der Waals surface area contributed by atoms with Crippen LogP contribution in [0.1, 0.15) is 37.2 Å². The fraction of sp³-hybridized carbons (Fsp3) is 0.333. The molecule has 25 heavy (non-hydrogen) atoms. The quantitative estimate of drug-likeness (QED) is 0.753. The van der Waals surface area contributed by atoms with Gasteiger partial charge in [-0.05, 0) is 50.1 Å². The van der Waals surface area contributed by atoms with Crippen LogP contribution in [-0.2, 0) is 5.54 Å². The molecule has 0 bridgehead atoms. The van der Waals surface area contributed by atoms with Crippen molar-refractivity contribution in [1.29, 1.82) is 0 Å². The van der Waals surface area contributed by atoms with E-state index in [2.05, 4.69) is 25.7 Å². The Bertz CT molecular complexity index is 867. The van der Waals surface area contributed by atoms with E-state index in [4.69, 9.17) is 10.3 Å². The van der Waals surface area contributed by atoms with Crippen LogP contribution in [0.4, 0.5) is 11.5 Å². The van der Waals surface area contributed by atoms with Crippen LogP contribution in [0.3, 0.4) is 0 Å². The molecule has 0 aliphatic heterocycles. The predicted molar refractivity (Wildman–Crippen MR) is 94.1 cm³/mol. The molecule has 4 rings (SSSR count). The summed E-state index contributed by atoms with van der Waals surface area (Å²) in [4.78, 5) is 4.54. The van der Waals surface area contributed by atoms with Crippen molar-refractivity contribution >= 4 is 11.5 Å². The number of hydrogen-bond donors (Lipinski definition) is 2. The summed E-state index contributed by atoms with van der Waals surface area (Å²) in [7, 11) is 0. The Morgan fingerprint density at radius 3 is 2.72 bits per heavy atom. The zero-order chi connectivity index (χ0) is 17.3. The molecule has 3 aromatic rings. The number of benzene rings is 1. The molecule has 0 saturated heterocycles. The highest BCUT2D eigenvalue weighted by Crippen LogP contribution is 2.35. The minimum Gasteiger partial charge on any atom is -0.339 e. The summed E-state index contributed by atoms with van der Waals surface area (Å²) < 4.78 is 5.45. The van der Waals surface area contributed by atoms with Gasteiger partial charge in [-0.3, -0.25) is 0 Å². The number of nitrogens with one attached hydrogen (secondary N) is 1. The Kier molecular flexibility index (Phi) is 3.93. The monoisotopic (exact) mass is 336 g/mol. The van der Waals surface area contributed by atoms with Gasteiger partial charge < -0.3 is 15.6 Å². The molecule has 1 aliphatic carbocycles. The van der Waals surface area contributed by atoms with Gasteiger partial charge in [-0.1, -0.05) is 24.1 Å². The van der Waals surface area contributed by atoms with E-state index in [9.17, 15) is 0 Å². The Balaban J connectivity index is 1.57. The van der Waals surface area contributed by atoms with E-state index in [1.54, 1.807) is 0 Å². The molecular formula is C18H20N6O. The fourth-order valence-electron chi connectivity index (χ4n) is 3.12. The van der Waals surface area contributed by atoms with E-state index in [1.807, 2.05) is 43.3 Å². The maximum Gasteiger partial charge on any atom is 0.258 e. The molecule has 1 aliphatic rings. The Morgan fingerprint density at radius 2 is 1.96 bits per heavy atom. The number of nitrogens with two attached hydrogens (primary N) is 1. The third-order valence-corrected chi connectivity index (χ3v) is 4.55. The second-order valence-corrected chi connectivity index (χ2v) is 6.55. The first-order valence-electron chi connectivity index (χ1n) is 8.43. The van der Waals surface area contributed by atoms with Crippen LogP contribution >= 0.6 is 0 Å². The van der Waals surface area contributed by atoms with Gasteiger partial charge in [-0.15, -0.1) is 5.10 Å². The molecule has 2 heterocycles. The first-order valence-corrected chi connectivity index (χ1v) is 8.43. The zero-order valence-electron chi connectivity index (χ0n) is 14.1. The van der Waals surface area contributed by atoms with Crippen LogP contribution in [0.2, 0.25) is 0 Å². The highest BCUT2D eigenvalue weighted by Gasteiger charge is 2.36. The maximum atomic E-state index is 6.40. The average molecular weight is 336 g/mol. The van der Waals surface area contributed by atoms with Gasteiger partial charge in [0.05, 0.1) is 11.2 Å². The minimum absolute atomic E-state index is 0.449. The van der Waals surface area contributed by atoms with Crippen molar-refractivity contribution in [3.8, 4) is 11.5 Å². The van der Waals surface area contributed by atoms with Gasteiger partial charge in [0, 0.05) is 11.3 Å². The van der Waals surface area contributed by atoms with Crippen molar-refractivity contribution in [2.45, 2.75) is 38.1 Å². The fourth-order valence-corrected chi connectivity index (χ4v) is 3.12. The largest absolute Gasteiger partial charge is 0.339 e. The van der Waals surface area contributed by atoms with E-state index in [0.29, 0.717) is 17.5 Å². The molecule has 0 atom stereocenters. The SMILES string of the molecule is Cc1ccc(Nc2cccc(-c3nc(C4(N)CCCC4)no3)c2)nn1. The highest BCUT2D eigenvalue weighted by atomic mass is 16.5. The summed E-state index contributed by atoms with van der Waals surface area (Å²) in [5, 5.41) is 15.5. The van der Waals surface area contributed by atoms with Crippen molar-refractivity contribution in [2.75, 3.05) is 5.32 Å². The number of hydrogen-bond acceptors (Lipinski definition) is 7. The van der Waals surface area contributed by atoms with Crippen LogP contribution < -0.4 is 11.1 Å². The molecule has 0 amide bonds. The second kappa shape index (κ2) is 6.25. The first-order chi connectivity index (χ1) is 12.1. The summed E-state index contributed by atoms with van der Waals surface area (Å²) in [6, 6.07) is 11.5. The third kappa shape index (κ3) is 3.23. The topological polar surface area (TPSA) is 103 Å². The summed E-state index contributed by atoms with van der Waals surface area (Å²) in [6.07, 6.45) is 4.02. The highest BCUT2D eigenvalue weighted by molar-refractivity contribution is 5.65. The second-order valence-electron chi connectivity index (χ2n) is 6.55. The van der Waals surface area contributed by atoms with Gasteiger partial charge in [-0.25, -0.2) is 0 Å². The van der Waals surface area contributed by atoms with Gasteiger partial charge in [0.25, 0.3) is 5.89 Å². The first kappa shape index (κ1) is 15.7. The molecule has 0 unspecified atom stereocenters. The Labute approximate surface area is 145 Å². The van der Waals surface area contributed by atoms with E-state index in [1.165, 1.54) is 0 Å². The lowest BCUT2D eigenvalue weighted by Gasteiger charge is -2.17. The number of rotatable bonds is 4. The normalized spacial score (nSPS) is 16.1. The average Bonchev–Trinajstić information content (AvgIpc) is 3.27. The number of aromatic nitrogens is 4. The summed E-state index contributed by atoms with van der Waals surface area (Å²) in [5.74, 6) is 1.76. The van der Waals surface area contributed by atoms with Crippen LogP contribution in [0, 0.1) is 6.92 Å². The van der Waals surface area contributed by atoms with Crippen LogP contribution in [0.5, 0.6) is 0 Å². The van der Waals surface area contributed by atoms with Crippen LogP contribution in [0.15, 0.2) is 40.9 Å². The van der Waals surface area contributed by atoms with Gasteiger partial charge in [0.15, 0.2) is 11.6 Å². The lowest BCUT2D eigenvalue weighted by Crippen LogP contribution is -2.34. The van der Waals surface area contributed by atoms with Crippen molar-refractivity contribution in [3.05, 3.63) is 47.9 Å². The van der Waals surface area contributed by atoms with Gasteiger partial charge in [-0.2, -0.15) is 10.1 Å². The lowest BCUT2D eigenvalue weighted by molar-refractivity contribution is 0.372. The molecule has 7 heteroatoms. The van der Waals surface area contributed by atoms with E-state index in [0.717, 1.165) is 42.6 Å². The molecular weight excluding hydrogens is 316 g/mol. The molecule has 7 nitrogen and oxygen atoms in total. The standard InChI is InChI=1S/C18H20N6O/c1-12-7-8-15(23-22-12)20-14-6-4-5-13(11-14)16-21-17(24-25-16)18(19)9-2-3-10-18/h4-8,11H,2-3,9-10,19H2,1H3,(H,20,23). The van der Waals surface area contributed by atoms with E-state index >= 15 is 0 Å². The third-order valence-electron chi connectivity index (χ3n) is 4.55. The Hall–Kier alpha value is -2.80. The molecule has 128 valence electrons. The van der Waals surface area contributed by atoms with Crippen LogP contribution in [0.25, 0.3) is 11.5 Å². The zero-order valence-corrected chi connectivity index (χ0v) is 14.1. The maximum absolute atomic E-state index is 6.40. The smallest absolute Gasteiger partial charge is 0.258 e. The molecule has 0 spiro atoms. The van der Waals surface area contributed by atoms with Gasteiger partial charge >= 0.3 is 0 Å². The molecule has 2 aromatic heterocycles. The summed E-state index contributed by atoms with van der Waals surface area (Å²) >= 11 is 0. The van der Waals surface area contributed by atoms with Gasteiger partial charge in [0.2, 0.25) is 0 Å². The van der Waals surface area contributed by atoms with Crippen LogP contribution in [-0.4, -0.2) is 20.3 Å².